The van der Waals surface area contributed by atoms with Crippen LogP contribution in [0.15, 0.2) is 60.9 Å². The summed E-state index contributed by atoms with van der Waals surface area (Å²) in [7, 11) is 0. The number of benzene rings is 2. The second-order valence-corrected chi connectivity index (χ2v) is 8.25. The summed E-state index contributed by atoms with van der Waals surface area (Å²) in [6, 6.07) is 14.4. The van der Waals surface area contributed by atoms with Crippen LogP contribution in [0.5, 0.6) is 5.75 Å². The molecule has 3 heterocycles. The number of rotatable bonds is 6. The van der Waals surface area contributed by atoms with Crippen molar-refractivity contribution in [3.05, 3.63) is 77.3 Å². The van der Waals surface area contributed by atoms with Crippen molar-refractivity contribution in [2.45, 2.75) is 6.92 Å². The molecule has 0 bridgehead atoms. The monoisotopic (exact) mass is 436 g/mol. The predicted molar refractivity (Wildman–Crippen MR) is 123 cm³/mol. The van der Waals surface area contributed by atoms with Gasteiger partial charge in [-0.1, -0.05) is 23.7 Å². The van der Waals surface area contributed by atoms with E-state index in [4.69, 9.17) is 16.3 Å². The van der Waals surface area contributed by atoms with Gasteiger partial charge in [0.1, 0.15) is 5.82 Å². The van der Waals surface area contributed by atoms with E-state index in [2.05, 4.69) is 27.1 Å². The Morgan fingerprint density at radius 2 is 2.06 bits per heavy atom. The Bertz CT molecular complexity index is 1240. The van der Waals surface area contributed by atoms with Gasteiger partial charge in [0, 0.05) is 59.2 Å². The fourth-order valence-electron chi connectivity index (χ4n) is 3.97. The number of aromatic nitrogens is 2. The Labute approximate surface area is 184 Å². The van der Waals surface area contributed by atoms with Crippen molar-refractivity contribution in [3.63, 3.8) is 0 Å². The molecule has 1 fully saturated rings. The third-order valence-corrected chi connectivity index (χ3v) is 5.98. The van der Waals surface area contributed by atoms with Gasteiger partial charge >= 0.3 is 0 Å². The SMILES string of the molecule is Cc1c(N2CC(COc3ccccc3F)C2)ccnc1Nc1cc(Cl)c2cc[nH]c2c1. The average molecular weight is 437 g/mol. The summed E-state index contributed by atoms with van der Waals surface area (Å²) in [4.78, 5) is 10.0. The Hall–Kier alpha value is -3.25. The van der Waals surface area contributed by atoms with E-state index in [1.807, 2.05) is 36.7 Å². The first-order valence-corrected chi connectivity index (χ1v) is 10.6. The fourth-order valence-corrected chi connectivity index (χ4v) is 4.25. The molecule has 0 spiro atoms. The molecule has 31 heavy (non-hydrogen) atoms. The number of fused-ring (bicyclic) bond motifs is 1. The second kappa shape index (κ2) is 8.12. The molecule has 1 aliphatic heterocycles. The highest BCUT2D eigenvalue weighted by Gasteiger charge is 2.29. The van der Waals surface area contributed by atoms with Crippen LogP contribution in [-0.4, -0.2) is 29.7 Å². The first kappa shape index (κ1) is 19.7. The highest BCUT2D eigenvalue weighted by molar-refractivity contribution is 6.35. The van der Waals surface area contributed by atoms with E-state index < -0.39 is 0 Å². The standard InChI is InChI=1S/C24H22ClFN4O/c1-15-22(30-12-16(13-30)14-31-23-5-3-2-4-20(23)26)7-9-28-24(15)29-17-10-19(25)18-6-8-27-21(18)11-17/h2-11,16,27H,12-14H2,1H3,(H,28,29). The molecule has 4 aromatic rings. The summed E-state index contributed by atoms with van der Waals surface area (Å²) in [6.45, 7) is 4.28. The zero-order valence-electron chi connectivity index (χ0n) is 17.0. The molecule has 0 unspecified atom stereocenters. The van der Waals surface area contributed by atoms with E-state index in [9.17, 15) is 4.39 Å². The highest BCUT2D eigenvalue weighted by atomic mass is 35.5. The summed E-state index contributed by atoms with van der Waals surface area (Å²) in [5, 5.41) is 5.08. The van der Waals surface area contributed by atoms with Crippen molar-refractivity contribution in [1.29, 1.82) is 0 Å². The number of H-pyrrole nitrogens is 1. The maximum Gasteiger partial charge on any atom is 0.165 e. The van der Waals surface area contributed by atoms with Crippen LogP contribution in [0.4, 0.5) is 21.6 Å². The lowest BCUT2D eigenvalue weighted by Gasteiger charge is -2.41. The number of hydrogen-bond donors (Lipinski definition) is 2. The first-order chi connectivity index (χ1) is 15.1. The topological polar surface area (TPSA) is 53.2 Å². The molecule has 2 N–H and O–H groups in total. The van der Waals surface area contributed by atoms with Crippen LogP contribution in [0.1, 0.15) is 5.56 Å². The molecule has 0 radical (unpaired) electrons. The van der Waals surface area contributed by atoms with Gasteiger partial charge in [0.05, 0.1) is 11.6 Å². The maximum absolute atomic E-state index is 13.7. The molecule has 2 aromatic carbocycles. The number of anilines is 3. The van der Waals surface area contributed by atoms with Crippen molar-refractivity contribution in [2.24, 2.45) is 5.92 Å². The molecule has 1 saturated heterocycles. The maximum atomic E-state index is 13.7. The van der Waals surface area contributed by atoms with Crippen molar-refractivity contribution in [1.82, 2.24) is 9.97 Å². The molecule has 2 aromatic heterocycles. The number of aromatic amines is 1. The first-order valence-electron chi connectivity index (χ1n) is 10.2. The summed E-state index contributed by atoms with van der Waals surface area (Å²) in [6.07, 6.45) is 3.68. The summed E-state index contributed by atoms with van der Waals surface area (Å²) in [5.41, 5.74) is 4.06. The van der Waals surface area contributed by atoms with E-state index in [-0.39, 0.29) is 5.82 Å². The number of ether oxygens (including phenoxy) is 1. The quantitative estimate of drug-likeness (QED) is 0.393. The van der Waals surface area contributed by atoms with Gasteiger partial charge in [0.15, 0.2) is 11.6 Å². The van der Waals surface area contributed by atoms with Gasteiger partial charge in [-0.2, -0.15) is 0 Å². The Morgan fingerprint density at radius 1 is 1.23 bits per heavy atom. The summed E-state index contributed by atoms with van der Waals surface area (Å²) < 4.78 is 19.4. The number of halogens is 2. The Balaban J connectivity index is 1.25. The van der Waals surface area contributed by atoms with Crippen LogP contribution in [0.25, 0.3) is 10.9 Å². The lowest BCUT2D eigenvalue weighted by Crippen LogP contribution is -2.49. The van der Waals surface area contributed by atoms with E-state index in [1.54, 1.807) is 18.2 Å². The number of nitrogens with zero attached hydrogens (tertiary/aromatic N) is 2. The average Bonchev–Trinajstić information content (AvgIpc) is 3.20. The van der Waals surface area contributed by atoms with Crippen LogP contribution in [-0.2, 0) is 0 Å². The molecule has 0 saturated carbocycles. The summed E-state index contributed by atoms with van der Waals surface area (Å²) >= 11 is 6.40. The van der Waals surface area contributed by atoms with Gasteiger partial charge in [-0.3, -0.25) is 0 Å². The Morgan fingerprint density at radius 3 is 2.90 bits per heavy atom. The number of hydrogen-bond acceptors (Lipinski definition) is 4. The number of nitrogens with one attached hydrogen (secondary N) is 2. The lowest BCUT2D eigenvalue weighted by atomic mass is 9.99. The fraction of sp³-hybridized carbons (Fsp3) is 0.208. The van der Waals surface area contributed by atoms with E-state index in [1.165, 1.54) is 6.07 Å². The molecule has 158 valence electrons. The van der Waals surface area contributed by atoms with Crippen molar-refractivity contribution in [2.75, 3.05) is 29.9 Å². The van der Waals surface area contributed by atoms with Crippen LogP contribution < -0.4 is 15.0 Å². The lowest BCUT2D eigenvalue weighted by molar-refractivity contribution is 0.213. The zero-order valence-corrected chi connectivity index (χ0v) is 17.8. The summed E-state index contributed by atoms with van der Waals surface area (Å²) in [5.74, 6) is 1.14. The van der Waals surface area contributed by atoms with Crippen LogP contribution >= 0.6 is 11.6 Å². The largest absolute Gasteiger partial charge is 0.490 e. The molecule has 0 amide bonds. The Kier molecular flexibility index (Phi) is 5.16. The van der Waals surface area contributed by atoms with Crippen LogP contribution in [0.2, 0.25) is 5.02 Å². The molecule has 5 nitrogen and oxygen atoms in total. The van der Waals surface area contributed by atoms with Crippen LogP contribution in [0, 0.1) is 18.7 Å². The van der Waals surface area contributed by atoms with Gasteiger partial charge in [-0.15, -0.1) is 0 Å². The third-order valence-electron chi connectivity index (χ3n) is 5.67. The predicted octanol–water partition coefficient (Wildman–Crippen LogP) is 5.92. The second-order valence-electron chi connectivity index (χ2n) is 7.84. The third kappa shape index (κ3) is 3.91. The van der Waals surface area contributed by atoms with Crippen molar-refractivity contribution in [3.8, 4) is 5.75 Å². The van der Waals surface area contributed by atoms with Crippen LogP contribution in [0.3, 0.4) is 0 Å². The smallest absolute Gasteiger partial charge is 0.165 e. The van der Waals surface area contributed by atoms with Gasteiger partial charge in [-0.05, 0) is 43.3 Å². The number of para-hydroxylation sites is 1. The van der Waals surface area contributed by atoms with E-state index >= 15 is 0 Å². The molecular weight excluding hydrogens is 415 g/mol. The molecule has 0 aliphatic carbocycles. The minimum Gasteiger partial charge on any atom is -0.490 e. The van der Waals surface area contributed by atoms with Gasteiger partial charge < -0.3 is 19.9 Å². The zero-order chi connectivity index (χ0) is 21.4. The van der Waals surface area contributed by atoms with Gasteiger partial charge in [-0.25, -0.2) is 9.37 Å². The van der Waals surface area contributed by atoms with E-state index in [0.717, 1.165) is 46.7 Å². The minimum atomic E-state index is -0.322. The van der Waals surface area contributed by atoms with Crippen molar-refractivity contribution >= 4 is 39.7 Å². The van der Waals surface area contributed by atoms with E-state index in [0.29, 0.717) is 23.3 Å². The molecule has 7 heteroatoms. The minimum absolute atomic E-state index is 0.310. The van der Waals surface area contributed by atoms with Gasteiger partial charge in [0.2, 0.25) is 0 Å². The van der Waals surface area contributed by atoms with Crippen molar-refractivity contribution < 1.29 is 9.13 Å². The highest BCUT2D eigenvalue weighted by Crippen LogP contribution is 2.34. The molecule has 1 aliphatic rings. The normalized spacial score (nSPS) is 14.0. The molecule has 0 atom stereocenters. The molecular formula is C24H22ClFN4O. The van der Waals surface area contributed by atoms with Gasteiger partial charge in [0.25, 0.3) is 0 Å². The number of pyridine rings is 1. The molecule has 5 rings (SSSR count).